The van der Waals surface area contributed by atoms with Gasteiger partial charge in [-0.05, 0) is 76.2 Å². The van der Waals surface area contributed by atoms with Gasteiger partial charge < -0.3 is 20.3 Å². The average molecular weight is 613 g/mol. The van der Waals surface area contributed by atoms with E-state index in [1.54, 1.807) is 76.2 Å². The lowest BCUT2D eigenvalue weighted by molar-refractivity contribution is -0.137. The first-order chi connectivity index (χ1) is 20.7. The number of halogens is 3. The van der Waals surface area contributed by atoms with Gasteiger partial charge in [-0.25, -0.2) is 9.78 Å². The number of alkyl halides is 3. The number of ether oxygens (including phenoxy) is 1. The van der Waals surface area contributed by atoms with Crippen LogP contribution in [0.3, 0.4) is 0 Å². The van der Waals surface area contributed by atoms with Gasteiger partial charge in [-0.1, -0.05) is 12.1 Å². The molecule has 1 aliphatic rings. The molecule has 0 radical (unpaired) electrons. The van der Waals surface area contributed by atoms with Gasteiger partial charge in [-0.2, -0.15) is 13.2 Å². The zero-order valence-electron chi connectivity index (χ0n) is 24.9. The minimum atomic E-state index is -4.44. The molecule has 1 atom stereocenters. The smallest absolute Gasteiger partial charge is 0.417 e. The summed E-state index contributed by atoms with van der Waals surface area (Å²) in [7, 11) is 0. The van der Waals surface area contributed by atoms with Crippen LogP contribution in [0, 0.1) is 0 Å². The third-order valence-electron chi connectivity index (χ3n) is 6.87. The molecule has 44 heavy (non-hydrogen) atoms. The first-order valence-electron chi connectivity index (χ1n) is 14.0. The Labute approximate surface area is 253 Å². The molecule has 0 aliphatic carbocycles. The minimum Gasteiger partial charge on any atom is -0.444 e. The van der Waals surface area contributed by atoms with Crippen molar-refractivity contribution in [2.45, 2.75) is 45.5 Å². The molecule has 1 saturated heterocycles. The van der Waals surface area contributed by atoms with Crippen molar-refractivity contribution in [3.05, 3.63) is 78.0 Å². The SMILES string of the molecule is CC(C(=O)Nc1ccc(C(=O)Nc2ccccc2NC(=O)OC(C)(C)C)cc1)N1CCN(c2ccc(C(F)(F)F)cn2)CC1. The van der Waals surface area contributed by atoms with E-state index in [2.05, 4.69) is 20.9 Å². The van der Waals surface area contributed by atoms with Crippen LogP contribution in [0.25, 0.3) is 0 Å². The van der Waals surface area contributed by atoms with Crippen LogP contribution in [0.4, 0.5) is 40.8 Å². The maximum atomic E-state index is 13.0. The largest absolute Gasteiger partial charge is 0.444 e. The summed E-state index contributed by atoms with van der Waals surface area (Å²) in [5, 5.41) is 8.28. The second kappa shape index (κ2) is 13.3. The van der Waals surface area contributed by atoms with Crippen molar-refractivity contribution in [2.24, 2.45) is 0 Å². The van der Waals surface area contributed by atoms with Gasteiger partial charge in [-0.15, -0.1) is 0 Å². The third-order valence-corrected chi connectivity index (χ3v) is 6.87. The molecule has 0 spiro atoms. The quantitative estimate of drug-likeness (QED) is 0.307. The highest BCUT2D eigenvalue weighted by molar-refractivity contribution is 6.07. The van der Waals surface area contributed by atoms with Crippen LogP contribution in [-0.2, 0) is 15.7 Å². The Bertz CT molecular complexity index is 1470. The number of pyridine rings is 1. The number of piperazine rings is 1. The summed E-state index contributed by atoms with van der Waals surface area (Å²) in [4.78, 5) is 45.9. The van der Waals surface area contributed by atoms with E-state index in [0.717, 1.165) is 12.3 Å². The summed E-state index contributed by atoms with van der Waals surface area (Å²) in [5.74, 6) is -0.179. The molecule has 1 aliphatic heterocycles. The molecule has 3 amide bonds. The van der Waals surface area contributed by atoms with Crippen LogP contribution in [0.5, 0.6) is 0 Å². The van der Waals surface area contributed by atoms with Crippen LogP contribution in [0.15, 0.2) is 66.9 Å². The van der Waals surface area contributed by atoms with Gasteiger partial charge in [0.1, 0.15) is 11.4 Å². The second-order valence-electron chi connectivity index (χ2n) is 11.3. The molecule has 4 rings (SSSR count). The van der Waals surface area contributed by atoms with Crippen molar-refractivity contribution in [3.8, 4) is 0 Å². The number of amides is 3. The van der Waals surface area contributed by atoms with Crippen molar-refractivity contribution >= 4 is 40.8 Å². The van der Waals surface area contributed by atoms with Crippen LogP contribution in [0.2, 0.25) is 0 Å². The van der Waals surface area contributed by atoms with Crippen LogP contribution < -0.4 is 20.9 Å². The molecule has 234 valence electrons. The lowest BCUT2D eigenvalue weighted by Crippen LogP contribution is -2.53. The number of nitrogens with zero attached hydrogens (tertiary/aromatic N) is 3. The summed E-state index contributed by atoms with van der Waals surface area (Å²) >= 11 is 0. The number of benzene rings is 2. The molecule has 1 aromatic heterocycles. The van der Waals surface area contributed by atoms with Crippen LogP contribution in [-0.4, -0.2) is 65.6 Å². The van der Waals surface area contributed by atoms with Crippen molar-refractivity contribution in [2.75, 3.05) is 47.0 Å². The fourth-order valence-electron chi connectivity index (χ4n) is 4.51. The topological polar surface area (TPSA) is 116 Å². The molecule has 2 heterocycles. The van der Waals surface area contributed by atoms with Gasteiger partial charge in [0.25, 0.3) is 5.91 Å². The highest BCUT2D eigenvalue weighted by Gasteiger charge is 2.31. The zero-order chi connectivity index (χ0) is 32.1. The molecule has 3 aromatic rings. The number of nitrogens with one attached hydrogen (secondary N) is 3. The van der Waals surface area contributed by atoms with Gasteiger partial charge >= 0.3 is 12.3 Å². The van der Waals surface area contributed by atoms with Gasteiger partial charge in [0.15, 0.2) is 0 Å². The predicted octanol–water partition coefficient (Wildman–Crippen LogP) is 5.85. The number of anilines is 4. The highest BCUT2D eigenvalue weighted by atomic mass is 19.4. The molecule has 2 aromatic carbocycles. The number of aromatic nitrogens is 1. The summed E-state index contributed by atoms with van der Waals surface area (Å²) < 4.78 is 43.8. The second-order valence-corrected chi connectivity index (χ2v) is 11.3. The Balaban J connectivity index is 1.28. The molecule has 13 heteroatoms. The first kappa shape index (κ1) is 32.3. The molecular formula is C31H35F3N6O4. The Morgan fingerprint density at radius 1 is 0.841 bits per heavy atom. The molecule has 3 N–H and O–H groups in total. The minimum absolute atomic E-state index is 0.231. The number of hydrogen-bond acceptors (Lipinski definition) is 7. The van der Waals surface area contributed by atoms with Gasteiger partial charge in [0, 0.05) is 43.6 Å². The van der Waals surface area contributed by atoms with Crippen LogP contribution >= 0.6 is 0 Å². The maximum Gasteiger partial charge on any atom is 0.417 e. The molecule has 0 saturated carbocycles. The Kier molecular flexibility index (Phi) is 9.78. The van der Waals surface area contributed by atoms with Crippen molar-refractivity contribution in [1.29, 1.82) is 0 Å². The Hall–Kier alpha value is -4.65. The summed E-state index contributed by atoms with van der Waals surface area (Å²) in [6.07, 6.45) is -4.25. The van der Waals surface area contributed by atoms with E-state index in [4.69, 9.17) is 4.74 Å². The fraction of sp³-hybridized carbons (Fsp3) is 0.355. The lowest BCUT2D eigenvalue weighted by atomic mass is 10.1. The first-order valence-corrected chi connectivity index (χ1v) is 14.0. The van der Waals surface area contributed by atoms with E-state index in [-0.39, 0.29) is 5.91 Å². The normalized spacial score (nSPS) is 14.8. The summed E-state index contributed by atoms with van der Waals surface area (Å²) in [5.41, 5.74) is 0.154. The Morgan fingerprint density at radius 2 is 1.45 bits per heavy atom. The number of carbonyl (C=O) groups is 3. The maximum absolute atomic E-state index is 13.0. The third kappa shape index (κ3) is 8.69. The van der Waals surface area contributed by atoms with Gasteiger partial charge in [0.2, 0.25) is 5.91 Å². The van der Waals surface area contributed by atoms with Gasteiger partial charge in [-0.3, -0.25) is 19.8 Å². The summed E-state index contributed by atoms with van der Waals surface area (Å²) in [6.45, 7) is 9.11. The lowest BCUT2D eigenvalue weighted by Gasteiger charge is -2.38. The number of hydrogen-bond donors (Lipinski definition) is 3. The van der Waals surface area contributed by atoms with Crippen molar-refractivity contribution in [1.82, 2.24) is 9.88 Å². The number of para-hydroxylation sites is 2. The van der Waals surface area contributed by atoms with Gasteiger partial charge in [0.05, 0.1) is 23.0 Å². The van der Waals surface area contributed by atoms with Crippen molar-refractivity contribution < 1.29 is 32.3 Å². The standard InChI is InChI=1S/C31H35F3N6O4/c1-20(39-15-17-40(18-16-39)26-14-11-22(19-35-26)31(32,33)34)27(41)36-23-12-9-21(10-13-23)28(42)37-24-7-5-6-8-25(24)38-29(43)44-30(2,3)4/h5-14,19-20H,15-18H2,1-4H3,(H,36,41)(H,37,42)(H,38,43). The molecule has 1 unspecified atom stereocenters. The van der Waals surface area contributed by atoms with E-state index < -0.39 is 35.4 Å². The van der Waals surface area contributed by atoms with Crippen LogP contribution in [0.1, 0.15) is 43.6 Å². The van der Waals surface area contributed by atoms with E-state index in [0.29, 0.717) is 54.6 Å². The van der Waals surface area contributed by atoms with Crippen molar-refractivity contribution in [3.63, 3.8) is 0 Å². The number of rotatable bonds is 7. The molecule has 10 nitrogen and oxygen atoms in total. The zero-order valence-corrected chi connectivity index (χ0v) is 24.9. The van der Waals surface area contributed by atoms with E-state index in [1.165, 1.54) is 6.07 Å². The highest BCUT2D eigenvalue weighted by Crippen LogP contribution is 2.29. The fourth-order valence-corrected chi connectivity index (χ4v) is 4.51. The molecule has 1 fully saturated rings. The van der Waals surface area contributed by atoms with E-state index >= 15 is 0 Å². The molecule has 0 bridgehead atoms. The predicted molar refractivity (Wildman–Crippen MR) is 162 cm³/mol. The molecular weight excluding hydrogens is 577 g/mol. The number of carbonyl (C=O) groups excluding carboxylic acids is 3. The average Bonchev–Trinajstić information content (AvgIpc) is 2.97. The summed E-state index contributed by atoms with van der Waals surface area (Å²) in [6, 6.07) is 15.1. The van der Waals surface area contributed by atoms with E-state index in [1.807, 2.05) is 9.80 Å². The van der Waals surface area contributed by atoms with E-state index in [9.17, 15) is 27.6 Å². The monoisotopic (exact) mass is 612 g/mol. The Morgan fingerprint density at radius 3 is 2.00 bits per heavy atom.